The highest BCUT2D eigenvalue weighted by Crippen LogP contribution is 2.25. The van der Waals surface area contributed by atoms with E-state index >= 15 is 0 Å². The smallest absolute Gasteiger partial charge is 0.324 e. The van der Waals surface area contributed by atoms with Crippen molar-refractivity contribution >= 4 is 17.5 Å². The molecule has 3 aromatic rings. The van der Waals surface area contributed by atoms with Crippen LogP contribution < -0.4 is 10.6 Å². The summed E-state index contributed by atoms with van der Waals surface area (Å²) in [4.78, 5) is 23.4. The monoisotopic (exact) mass is 321 g/mol. The molecule has 0 spiro atoms. The summed E-state index contributed by atoms with van der Waals surface area (Å²) >= 11 is 0. The van der Waals surface area contributed by atoms with Gasteiger partial charge in [0.2, 0.25) is 0 Å². The van der Waals surface area contributed by atoms with Crippen molar-refractivity contribution in [2.24, 2.45) is 0 Å². The molecule has 0 unspecified atom stereocenters. The number of hydrogen-bond donors (Lipinski definition) is 3. The fourth-order valence-corrected chi connectivity index (χ4v) is 2.55. The Morgan fingerprint density at radius 2 is 1.88 bits per heavy atom. The van der Waals surface area contributed by atoms with E-state index < -0.39 is 0 Å². The molecule has 0 aliphatic carbocycles. The number of rotatable bonds is 4. The Kier molecular flexibility index (Phi) is 4.56. The molecule has 6 nitrogen and oxygen atoms in total. The van der Waals surface area contributed by atoms with Crippen molar-refractivity contribution in [2.75, 3.05) is 10.6 Å². The zero-order chi connectivity index (χ0) is 16.9. The highest BCUT2D eigenvalue weighted by atomic mass is 16.2. The van der Waals surface area contributed by atoms with Crippen LogP contribution in [0.15, 0.2) is 55.0 Å². The van der Waals surface area contributed by atoms with Crippen LogP contribution in [0.2, 0.25) is 0 Å². The number of anilines is 2. The van der Waals surface area contributed by atoms with E-state index in [-0.39, 0.29) is 11.9 Å². The number of nitrogens with zero attached hydrogens (tertiary/aromatic N) is 2. The van der Waals surface area contributed by atoms with Gasteiger partial charge in [-0.2, -0.15) is 0 Å². The molecule has 1 aromatic carbocycles. The Bertz CT molecular complexity index is 811. The largest absolute Gasteiger partial charge is 0.348 e. The standard InChI is InChI=1S/C18H19N5O/c1-12(17-13(2)20-11-21-17)14-6-8-15(9-7-14)22-18(24)23-16-5-3-4-10-19-16/h3-12H,1-2H3,(H,20,21)(H2,19,22,23,24)/t12-/m1/s1. The van der Waals surface area contributed by atoms with Gasteiger partial charge in [-0.1, -0.05) is 25.1 Å². The molecule has 1 atom stereocenters. The Morgan fingerprint density at radius 3 is 2.50 bits per heavy atom. The fourth-order valence-electron chi connectivity index (χ4n) is 2.55. The molecule has 0 bridgehead atoms. The molecule has 3 rings (SSSR count). The summed E-state index contributed by atoms with van der Waals surface area (Å²) in [6.07, 6.45) is 3.34. The number of nitrogens with one attached hydrogen (secondary N) is 3. The van der Waals surface area contributed by atoms with Gasteiger partial charge in [0, 0.05) is 23.5 Å². The van der Waals surface area contributed by atoms with E-state index in [0.717, 1.165) is 22.6 Å². The molecule has 2 amide bonds. The molecule has 0 aliphatic rings. The number of aromatic nitrogens is 3. The van der Waals surface area contributed by atoms with Crippen LogP contribution in [0.1, 0.15) is 29.8 Å². The number of imidazole rings is 1. The first kappa shape index (κ1) is 15.7. The second-order valence-corrected chi connectivity index (χ2v) is 5.54. The van der Waals surface area contributed by atoms with Crippen LogP contribution in [0, 0.1) is 6.92 Å². The minimum atomic E-state index is -0.320. The molecule has 122 valence electrons. The molecule has 6 heteroatoms. The van der Waals surface area contributed by atoms with Gasteiger partial charge in [-0.15, -0.1) is 0 Å². The van der Waals surface area contributed by atoms with Crippen LogP contribution in [0.3, 0.4) is 0 Å². The molecule has 24 heavy (non-hydrogen) atoms. The summed E-state index contributed by atoms with van der Waals surface area (Å²) in [5, 5.41) is 5.48. The average Bonchev–Trinajstić information content (AvgIpc) is 3.02. The van der Waals surface area contributed by atoms with Gasteiger partial charge in [-0.05, 0) is 36.8 Å². The number of amides is 2. The van der Waals surface area contributed by atoms with Crippen LogP contribution >= 0.6 is 0 Å². The molecule has 0 saturated heterocycles. The summed E-state index contributed by atoms with van der Waals surface area (Å²) < 4.78 is 0. The highest BCUT2D eigenvalue weighted by Gasteiger charge is 2.13. The van der Waals surface area contributed by atoms with Gasteiger partial charge in [-0.25, -0.2) is 14.8 Å². The molecule has 0 aliphatic heterocycles. The van der Waals surface area contributed by atoms with Crippen molar-refractivity contribution in [3.8, 4) is 0 Å². The predicted octanol–water partition coefficient (Wildman–Crippen LogP) is 3.91. The fraction of sp³-hybridized carbons (Fsp3) is 0.167. The molecule has 0 fully saturated rings. The lowest BCUT2D eigenvalue weighted by Crippen LogP contribution is -2.19. The molecular formula is C18H19N5O. The number of pyridine rings is 1. The maximum atomic E-state index is 12.0. The topological polar surface area (TPSA) is 82.7 Å². The Balaban J connectivity index is 1.64. The zero-order valence-corrected chi connectivity index (χ0v) is 13.6. The van der Waals surface area contributed by atoms with Gasteiger partial charge in [0.1, 0.15) is 5.82 Å². The van der Waals surface area contributed by atoms with Crippen molar-refractivity contribution in [1.29, 1.82) is 0 Å². The summed E-state index contributed by atoms with van der Waals surface area (Å²) in [7, 11) is 0. The lowest BCUT2D eigenvalue weighted by Gasteiger charge is -2.12. The number of benzene rings is 1. The van der Waals surface area contributed by atoms with Crippen molar-refractivity contribution < 1.29 is 4.79 Å². The first-order valence-corrected chi connectivity index (χ1v) is 7.72. The minimum Gasteiger partial charge on any atom is -0.348 e. The molecule has 2 aromatic heterocycles. The van der Waals surface area contributed by atoms with E-state index in [4.69, 9.17) is 0 Å². The Labute approximate surface area is 140 Å². The first-order valence-electron chi connectivity index (χ1n) is 7.72. The lowest BCUT2D eigenvalue weighted by atomic mass is 9.96. The molecule has 0 saturated carbocycles. The molecule has 3 N–H and O–H groups in total. The van der Waals surface area contributed by atoms with Crippen LogP contribution in [-0.4, -0.2) is 21.0 Å². The number of carbonyl (C=O) groups is 1. The highest BCUT2D eigenvalue weighted by molar-refractivity contribution is 5.99. The SMILES string of the molecule is Cc1nc[nH]c1[C@H](C)c1ccc(NC(=O)Nc2ccccn2)cc1. The zero-order valence-electron chi connectivity index (χ0n) is 13.6. The lowest BCUT2D eigenvalue weighted by molar-refractivity contribution is 0.262. The normalized spacial score (nSPS) is 11.8. The molecular weight excluding hydrogens is 302 g/mol. The number of hydrogen-bond acceptors (Lipinski definition) is 3. The maximum absolute atomic E-state index is 12.0. The van der Waals surface area contributed by atoms with E-state index in [9.17, 15) is 4.79 Å². The summed E-state index contributed by atoms with van der Waals surface area (Å²) in [6.45, 7) is 4.11. The Morgan fingerprint density at radius 1 is 1.08 bits per heavy atom. The number of carbonyl (C=O) groups excluding carboxylic acids is 1. The van der Waals surface area contributed by atoms with E-state index in [0.29, 0.717) is 5.82 Å². The van der Waals surface area contributed by atoms with Crippen molar-refractivity contribution in [3.05, 3.63) is 71.9 Å². The summed E-state index contributed by atoms with van der Waals surface area (Å²) in [5.74, 6) is 0.721. The summed E-state index contributed by atoms with van der Waals surface area (Å²) in [6, 6.07) is 12.8. The Hall–Kier alpha value is -3.15. The van der Waals surface area contributed by atoms with Gasteiger partial charge in [-0.3, -0.25) is 5.32 Å². The van der Waals surface area contributed by atoms with E-state index in [2.05, 4.69) is 32.5 Å². The summed E-state index contributed by atoms with van der Waals surface area (Å²) in [5.41, 5.74) is 3.97. The van der Waals surface area contributed by atoms with Crippen LogP contribution in [-0.2, 0) is 0 Å². The van der Waals surface area contributed by atoms with Crippen molar-refractivity contribution in [2.45, 2.75) is 19.8 Å². The quantitative estimate of drug-likeness (QED) is 0.681. The van der Waals surface area contributed by atoms with Crippen LogP contribution in [0.5, 0.6) is 0 Å². The third-order valence-corrected chi connectivity index (χ3v) is 3.88. The van der Waals surface area contributed by atoms with Crippen molar-refractivity contribution in [3.63, 3.8) is 0 Å². The third-order valence-electron chi connectivity index (χ3n) is 3.88. The van der Waals surface area contributed by atoms with Gasteiger partial charge < -0.3 is 10.3 Å². The maximum Gasteiger partial charge on any atom is 0.324 e. The number of aromatic amines is 1. The van der Waals surface area contributed by atoms with Gasteiger partial charge in [0.15, 0.2) is 0 Å². The van der Waals surface area contributed by atoms with Gasteiger partial charge in [0.25, 0.3) is 0 Å². The van der Waals surface area contributed by atoms with Crippen LogP contribution in [0.4, 0.5) is 16.3 Å². The van der Waals surface area contributed by atoms with E-state index in [1.807, 2.05) is 37.3 Å². The van der Waals surface area contributed by atoms with Crippen molar-refractivity contribution in [1.82, 2.24) is 15.0 Å². The van der Waals surface area contributed by atoms with E-state index in [1.165, 1.54) is 0 Å². The van der Waals surface area contributed by atoms with E-state index in [1.54, 1.807) is 24.7 Å². The predicted molar refractivity (Wildman–Crippen MR) is 94.2 cm³/mol. The number of H-pyrrole nitrogens is 1. The second kappa shape index (κ2) is 6.95. The van der Waals surface area contributed by atoms with Gasteiger partial charge >= 0.3 is 6.03 Å². The van der Waals surface area contributed by atoms with Gasteiger partial charge in [0.05, 0.1) is 12.0 Å². The molecule has 2 heterocycles. The number of urea groups is 1. The molecule has 0 radical (unpaired) electrons. The first-order chi connectivity index (χ1) is 11.6. The second-order valence-electron chi connectivity index (χ2n) is 5.54. The minimum absolute atomic E-state index is 0.212. The number of aryl methyl sites for hydroxylation is 1. The van der Waals surface area contributed by atoms with Crippen LogP contribution in [0.25, 0.3) is 0 Å². The average molecular weight is 321 g/mol. The third kappa shape index (κ3) is 3.60.